The van der Waals surface area contributed by atoms with Crippen molar-refractivity contribution in [3.63, 3.8) is 0 Å². The minimum atomic E-state index is -0.977. The van der Waals surface area contributed by atoms with Crippen LogP contribution in [0.4, 0.5) is 21.7 Å². The van der Waals surface area contributed by atoms with Crippen molar-refractivity contribution in [2.24, 2.45) is 5.73 Å². The molecule has 4 aromatic heterocycles. The van der Waals surface area contributed by atoms with Gasteiger partial charge in [0.25, 0.3) is 0 Å². The van der Waals surface area contributed by atoms with E-state index in [1.54, 1.807) is 0 Å². The van der Waals surface area contributed by atoms with Gasteiger partial charge in [0.1, 0.15) is 17.8 Å². The number of halogens is 1. The van der Waals surface area contributed by atoms with Gasteiger partial charge in [0.05, 0.1) is 18.1 Å². The fourth-order valence-electron chi connectivity index (χ4n) is 4.53. The van der Waals surface area contributed by atoms with E-state index in [-0.39, 0.29) is 18.1 Å². The molecule has 5 heterocycles. The van der Waals surface area contributed by atoms with Crippen LogP contribution in [0.15, 0.2) is 43.0 Å². The SMILES string of the molecule is CC(C)n1cc(-c2cnc(Nc3ccc4cnn(C(C)C)c4n3)cc2N2C[C@@H](N)C[C@@H](F)C2)cn1. The summed E-state index contributed by atoms with van der Waals surface area (Å²) in [4.78, 5) is 11.4. The third-order valence-electron chi connectivity index (χ3n) is 6.29. The number of anilines is 3. The van der Waals surface area contributed by atoms with Crippen LogP contribution in [0.5, 0.6) is 0 Å². The van der Waals surface area contributed by atoms with Gasteiger partial charge in [-0.1, -0.05) is 0 Å². The lowest BCUT2D eigenvalue weighted by Gasteiger charge is -2.35. The zero-order chi connectivity index (χ0) is 24.7. The highest BCUT2D eigenvalue weighted by Gasteiger charge is 2.27. The minimum Gasteiger partial charge on any atom is -0.366 e. The van der Waals surface area contributed by atoms with Gasteiger partial charge < -0.3 is 16.0 Å². The van der Waals surface area contributed by atoms with E-state index in [1.807, 2.05) is 57.2 Å². The van der Waals surface area contributed by atoms with E-state index in [2.05, 4.69) is 48.2 Å². The standard InChI is InChI=1S/C25H32FN9/c1-15(2)34-12-18(10-29-34)21-11-28-24(8-22(21)33-13-19(26)7-20(27)14-33)31-23-6-5-17-9-30-35(16(3)4)25(17)32-23/h5-6,8-12,15-16,19-20H,7,13-14,27H2,1-4H3,(H,28,31,32)/t19-,20+/m1/s1. The number of fused-ring (bicyclic) bond motifs is 1. The number of aromatic nitrogens is 6. The van der Waals surface area contributed by atoms with E-state index >= 15 is 0 Å². The first-order valence-corrected chi connectivity index (χ1v) is 12.1. The van der Waals surface area contributed by atoms with Crippen molar-refractivity contribution in [1.82, 2.24) is 29.5 Å². The van der Waals surface area contributed by atoms with E-state index in [9.17, 15) is 4.39 Å². The van der Waals surface area contributed by atoms with Crippen LogP contribution in [0.25, 0.3) is 22.2 Å². The number of nitrogens with one attached hydrogen (secondary N) is 1. The Morgan fingerprint density at radius 2 is 1.86 bits per heavy atom. The van der Waals surface area contributed by atoms with Crippen molar-refractivity contribution >= 4 is 28.4 Å². The highest BCUT2D eigenvalue weighted by atomic mass is 19.1. The Hall–Kier alpha value is -3.53. The van der Waals surface area contributed by atoms with Crippen LogP contribution in [-0.2, 0) is 0 Å². The second kappa shape index (κ2) is 9.26. The fraction of sp³-hybridized carbons (Fsp3) is 0.440. The topological polar surface area (TPSA) is 103 Å². The lowest BCUT2D eigenvalue weighted by atomic mass is 10.0. The Bertz CT molecular complexity index is 1320. The highest BCUT2D eigenvalue weighted by Crippen LogP contribution is 2.35. The van der Waals surface area contributed by atoms with Gasteiger partial charge in [-0.15, -0.1) is 0 Å². The summed E-state index contributed by atoms with van der Waals surface area (Å²) >= 11 is 0. The average molecular weight is 478 g/mol. The van der Waals surface area contributed by atoms with E-state index in [0.717, 1.165) is 27.8 Å². The Morgan fingerprint density at radius 3 is 2.57 bits per heavy atom. The molecular formula is C25H32FN9. The average Bonchev–Trinajstić information content (AvgIpc) is 3.46. The van der Waals surface area contributed by atoms with Crippen LogP contribution in [0.1, 0.15) is 46.2 Å². The van der Waals surface area contributed by atoms with Crippen LogP contribution in [-0.4, -0.2) is 54.8 Å². The molecule has 1 aliphatic heterocycles. The molecular weight excluding hydrogens is 445 g/mol. The molecule has 1 aliphatic rings. The van der Waals surface area contributed by atoms with Crippen molar-refractivity contribution < 1.29 is 4.39 Å². The van der Waals surface area contributed by atoms with Crippen molar-refractivity contribution in [3.05, 3.63) is 43.0 Å². The van der Waals surface area contributed by atoms with Crippen LogP contribution < -0.4 is 16.0 Å². The highest BCUT2D eigenvalue weighted by molar-refractivity contribution is 5.81. The molecule has 0 radical (unpaired) electrons. The second-order valence-corrected chi connectivity index (χ2v) is 9.80. The van der Waals surface area contributed by atoms with Gasteiger partial charge in [-0.2, -0.15) is 10.2 Å². The van der Waals surface area contributed by atoms with Gasteiger partial charge in [0.2, 0.25) is 0 Å². The first-order chi connectivity index (χ1) is 16.8. The Kier molecular flexibility index (Phi) is 6.14. The fourth-order valence-corrected chi connectivity index (χ4v) is 4.53. The summed E-state index contributed by atoms with van der Waals surface area (Å²) in [7, 11) is 0. The maximum Gasteiger partial charge on any atom is 0.160 e. The largest absolute Gasteiger partial charge is 0.366 e. The van der Waals surface area contributed by atoms with Crippen LogP contribution >= 0.6 is 0 Å². The smallest absolute Gasteiger partial charge is 0.160 e. The van der Waals surface area contributed by atoms with Gasteiger partial charge in [0.15, 0.2) is 5.65 Å². The molecule has 0 saturated carbocycles. The van der Waals surface area contributed by atoms with Crippen LogP contribution in [0, 0.1) is 0 Å². The number of rotatable bonds is 6. The number of hydrogen-bond acceptors (Lipinski definition) is 7. The Labute approximate surface area is 204 Å². The van der Waals surface area contributed by atoms with E-state index in [0.29, 0.717) is 31.1 Å². The van der Waals surface area contributed by atoms with Crippen molar-refractivity contribution in [2.45, 2.75) is 58.4 Å². The normalized spacial score (nSPS) is 18.7. The third-order valence-corrected chi connectivity index (χ3v) is 6.29. The number of piperidine rings is 1. The lowest BCUT2D eigenvalue weighted by Crippen LogP contribution is -2.48. The van der Waals surface area contributed by atoms with Crippen molar-refractivity contribution in [1.29, 1.82) is 0 Å². The summed E-state index contributed by atoms with van der Waals surface area (Å²) in [6.07, 6.45) is 6.85. The molecule has 1 fully saturated rings. The van der Waals surface area contributed by atoms with E-state index in [1.165, 1.54) is 0 Å². The predicted octanol–water partition coefficient (Wildman–Crippen LogP) is 4.47. The molecule has 4 aromatic rings. The molecule has 9 nitrogen and oxygen atoms in total. The molecule has 184 valence electrons. The van der Waals surface area contributed by atoms with Gasteiger partial charge in [-0.3, -0.25) is 4.68 Å². The maximum atomic E-state index is 14.5. The Morgan fingerprint density at radius 1 is 1.03 bits per heavy atom. The first-order valence-electron chi connectivity index (χ1n) is 12.1. The summed E-state index contributed by atoms with van der Waals surface area (Å²) in [5, 5.41) is 13.2. The molecule has 3 N–H and O–H groups in total. The molecule has 0 bridgehead atoms. The molecule has 1 saturated heterocycles. The second-order valence-electron chi connectivity index (χ2n) is 9.80. The number of alkyl halides is 1. The Balaban J connectivity index is 1.52. The minimum absolute atomic E-state index is 0.197. The summed E-state index contributed by atoms with van der Waals surface area (Å²) < 4.78 is 18.3. The van der Waals surface area contributed by atoms with Crippen LogP contribution in [0.3, 0.4) is 0 Å². The number of nitrogens with two attached hydrogens (primary N) is 1. The van der Waals surface area contributed by atoms with E-state index < -0.39 is 6.17 Å². The summed E-state index contributed by atoms with van der Waals surface area (Å²) in [5.41, 5.74) is 9.69. The first kappa shape index (κ1) is 23.2. The quantitative estimate of drug-likeness (QED) is 0.422. The zero-order valence-electron chi connectivity index (χ0n) is 20.6. The molecule has 5 rings (SSSR count). The molecule has 0 aliphatic carbocycles. The van der Waals surface area contributed by atoms with Crippen LogP contribution in [0.2, 0.25) is 0 Å². The van der Waals surface area contributed by atoms with Crippen molar-refractivity contribution in [3.8, 4) is 11.1 Å². The molecule has 2 atom stereocenters. The number of nitrogens with zero attached hydrogens (tertiary/aromatic N) is 7. The summed E-state index contributed by atoms with van der Waals surface area (Å²) in [6.45, 7) is 9.17. The molecule has 0 spiro atoms. The molecule has 10 heteroatoms. The van der Waals surface area contributed by atoms with Gasteiger partial charge >= 0.3 is 0 Å². The van der Waals surface area contributed by atoms with Gasteiger partial charge in [-0.05, 0) is 46.2 Å². The van der Waals surface area contributed by atoms with Gasteiger partial charge in [0, 0.05) is 66.2 Å². The molecule has 0 unspecified atom stereocenters. The molecule has 0 amide bonds. The predicted molar refractivity (Wildman–Crippen MR) is 137 cm³/mol. The molecule has 0 aromatic carbocycles. The number of hydrogen-bond donors (Lipinski definition) is 2. The summed E-state index contributed by atoms with van der Waals surface area (Å²) in [5.74, 6) is 1.29. The summed E-state index contributed by atoms with van der Waals surface area (Å²) in [6, 6.07) is 6.05. The van der Waals surface area contributed by atoms with E-state index in [4.69, 9.17) is 10.7 Å². The zero-order valence-corrected chi connectivity index (χ0v) is 20.6. The lowest BCUT2D eigenvalue weighted by molar-refractivity contribution is 0.269. The van der Waals surface area contributed by atoms with Gasteiger partial charge in [-0.25, -0.2) is 19.0 Å². The number of pyridine rings is 2. The monoisotopic (exact) mass is 477 g/mol. The third kappa shape index (κ3) is 4.70. The maximum absolute atomic E-state index is 14.5. The molecule has 35 heavy (non-hydrogen) atoms. The van der Waals surface area contributed by atoms with Crippen molar-refractivity contribution in [2.75, 3.05) is 23.3 Å².